The molecule has 170 valence electrons. The number of para-hydroxylation sites is 1. The Balaban J connectivity index is 1.50. The Morgan fingerprint density at radius 1 is 0.875 bits per heavy atom. The molecule has 3 nitrogen and oxygen atoms in total. The molecule has 0 radical (unpaired) electrons. The summed E-state index contributed by atoms with van der Waals surface area (Å²) >= 11 is 0. The van der Waals surface area contributed by atoms with Crippen molar-refractivity contribution in [2.24, 2.45) is 5.92 Å². The molecule has 1 atom stereocenters. The van der Waals surface area contributed by atoms with Gasteiger partial charge in [-0.25, -0.2) is 0 Å². The normalized spacial score (nSPS) is 24.3. The number of amides is 1. The predicted octanol–water partition coefficient (Wildman–Crippen LogP) is 6.43. The van der Waals surface area contributed by atoms with Crippen molar-refractivity contribution < 1.29 is 4.79 Å². The van der Waals surface area contributed by atoms with Gasteiger partial charge in [-0.2, -0.15) is 0 Å². The van der Waals surface area contributed by atoms with Crippen molar-refractivity contribution in [3.8, 4) is 0 Å². The average Bonchev–Trinajstić information content (AvgIpc) is 3.15. The van der Waals surface area contributed by atoms with Crippen LogP contribution in [-0.2, 0) is 24.2 Å². The Kier molecular flexibility index (Phi) is 6.26. The fourth-order valence-corrected chi connectivity index (χ4v) is 6.45. The van der Waals surface area contributed by atoms with Gasteiger partial charge in [-0.1, -0.05) is 81.0 Å². The van der Waals surface area contributed by atoms with Gasteiger partial charge in [0, 0.05) is 25.2 Å². The summed E-state index contributed by atoms with van der Waals surface area (Å²) in [4.78, 5) is 16.7. The molecule has 0 bridgehead atoms. The van der Waals surface area contributed by atoms with Crippen LogP contribution in [-0.4, -0.2) is 22.9 Å². The molecule has 3 heteroatoms. The molecule has 1 unspecified atom stereocenters. The summed E-state index contributed by atoms with van der Waals surface area (Å²) in [5, 5.41) is 3.90. The molecule has 1 saturated carbocycles. The number of hydrogen-bond donors (Lipinski definition) is 1. The third-order valence-corrected chi connectivity index (χ3v) is 8.25. The highest BCUT2D eigenvalue weighted by molar-refractivity contribution is 5.93. The Bertz CT molecular complexity index is 957. The van der Waals surface area contributed by atoms with E-state index in [-0.39, 0.29) is 0 Å². The summed E-state index contributed by atoms with van der Waals surface area (Å²) in [5.41, 5.74) is 6.07. The van der Waals surface area contributed by atoms with Gasteiger partial charge >= 0.3 is 0 Å². The maximum absolute atomic E-state index is 14.5. The average molecular weight is 431 g/mol. The Morgan fingerprint density at radius 2 is 1.56 bits per heavy atom. The Hall–Kier alpha value is -2.29. The van der Waals surface area contributed by atoms with E-state index in [9.17, 15) is 4.79 Å². The molecule has 32 heavy (non-hydrogen) atoms. The zero-order valence-corrected chi connectivity index (χ0v) is 19.7. The van der Waals surface area contributed by atoms with E-state index in [0.717, 1.165) is 45.2 Å². The van der Waals surface area contributed by atoms with E-state index in [2.05, 4.69) is 59.6 Å². The molecule has 2 aromatic carbocycles. The van der Waals surface area contributed by atoms with Crippen LogP contribution in [0, 0.1) is 12.8 Å². The van der Waals surface area contributed by atoms with Gasteiger partial charge in [-0.05, 0) is 60.8 Å². The van der Waals surface area contributed by atoms with E-state index in [0.29, 0.717) is 11.8 Å². The van der Waals surface area contributed by atoms with Gasteiger partial charge < -0.3 is 10.2 Å². The molecule has 1 N–H and O–H groups in total. The van der Waals surface area contributed by atoms with E-state index in [1.165, 1.54) is 66.5 Å². The first-order valence-electron chi connectivity index (χ1n) is 12.9. The van der Waals surface area contributed by atoms with E-state index in [1.807, 2.05) is 0 Å². The topological polar surface area (TPSA) is 32.3 Å². The maximum Gasteiger partial charge on any atom is 0.249 e. The van der Waals surface area contributed by atoms with Crippen molar-refractivity contribution in [3.05, 3.63) is 64.7 Å². The predicted molar refractivity (Wildman–Crippen MR) is 132 cm³/mol. The van der Waals surface area contributed by atoms with Crippen molar-refractivity contribution in [3.63, 3.8) is 0 Å². The van der Waals surface area contributed by atoms with Gasteiger partial charge in [0.25, 0.3) is 0 Å². The Labute approximate surface area is 193 Å². The van der Waals surface area contributed by atoms with Crippen molar-refractivity contribution in [2.45, 2.75) is 89.6 Å². The van der Waals surface area contributed by atoms with Gasteiger partial charge in [0.05, 0.1) is 0 Å². The lowest BCUT2D eigenvalue weighted by Gasteiger charge is -2.41. The summed E-state index contributed by atoms with van der Waals surface area (Å²) in [6.07, 6.45) is 13.1. The van der Waals surface area contributed by atoms with Crippen LogP contribution in [0.4, 0.5) is 5.69 Å². The fourth-order valence-electron chi connectivity index (χ4n) is 6.45. The first-order chi connectivity index (χ1) is 15.7. The van der Waals surface area contributed by atoms with Gasteiger partial charge in [0.2, 0.25) is 5.91 Å². The summed E-state index contributed by atoms with van der Waals surface area (Å²) < 4.78 is 0. The number of nitrogens with one attached hydrogen (secondary N) is 1. The summed E-state index contributed by atoms with van der Waals surface area (Å²) in [6.45, 7) is 3.79. The van der Waals surface area contributed by atoms with Crippen LogP contribution in [0.2, 0.25) is 0 Å². The molecule has 0 aromatic heterocycles. The molecule has 5 rings (SSSR count). The molecule has 3 aliphatic rings. The first kappa shape index (κ1) is 21.6. The number of carbonyl (C=O) groups excluding carboxylic acids is 1. The quantitative estimate of drug-likeness (QED) is 0.595. The first-order valence-corrected chi connectivity index (χ1v) is 12.9. The molecule has 0 spiro atoms. The zero-order valence-electron chi connectivity index (χ0n) is 19.7. The number of hydrogen-bond acceptors (Lipinski definition) is 2. The molecule has 2 aromatic rings. The minimum Gasteiger partial charge on any atom is -0.370 e. The van der Waals surface area contributed by atoms with E-state index < -0.39 is 5.54 Å². The standard InChI is InChI=1S/C29H38N2O/c1-22-12-10-15-24-20-29(30-27(22)24,26-17-6-4-2-3-5-7-18-26)28(32)31-19-11-16-23-13-8-9-14-25(23)21-31/h8-10,12-15,26,30H,2-7,11,16-21H2,1H3. The number of carbonyl (C=O) groups is 1. The molecule has 0 saturated heterocycles. The van der Waals surface area contributed by atoms with Gasteiger partial charge in [-0.3, -0.25) is 4.79 Å². The molecule has 1 amide bonds. The second-order valence-electron chi connectivity index (χ2n) is 10.4. The summed E-state index contributed by atoms with van der Waals surface area (Å²) in [5.74, 6) is 0.743. The maximum atomic E-state index is 14.5. The minimum absolute atomic E-state index is 0.342. The third kappa shape index (κ3) is 4.07. The van der Waals surface area contributed by atoms with Crippen LogP contribution in [0.5, 0.6) is 0 Å². The van der Waals surface area contributed by atoms with Crippen LogP contribution < -0.4 is 5.32 Å². The SMILES string of the molecule is Cc1cccc2c1NC(C(=O)N1CCCc3ccccc3C1)(C1CCCCCCCC1)C2. The van der Waals surface area contributed by atoms with Gasteiger partial charge in [0.15, 0.2) is 0 Å². The second-order valence-corrected chi connectivity index (χ2v) is 10.4. The third-order valence-electron chi connectivity index (χ3n) is 8.25. The molecule has 1 aliphatic carbocycles. The van der Waals surface area contributed by atoms with Crippen LogP contribution in [0.25, 0.3) is 0 Å². The van der Waals surface area contributed by atoms with Crippen LogP contribution in [0.1, 0.15) is 80.0 Å². The van der Waals surface area contributed by atoms with Crippen molar-refractivity contribution in [2.75, 3.05) is 11.9 Å². The van der Waals surface area contributed by atoms with Crippen LogP contribution in [0.15, 0.2) is 42.5 Å². The van der Waals surface area contributed by atoms with E-state index in [4.69, 9.17) is 0 Å². The van der Waals surface area contributed by atoms with Gasteiger partial charge in [0.1, 0.15) is 5.54 Å². The highest BCUT2D eigenvalue weighted by Crippen LogP contribution is 2.44. The second kappa shape index (κ2) is 9.29. The van der Waals surface area contributed by atoms with E-state index >= 15 is 0 Å². The number of anilines is 1. The number of benzene rings is 2. The number of aryl methyl sites for hydroxylation is 2. The molecule has 1 fully saturated rings. The van der Waals surface area contributed by atoms with Crippen molar-refractivity contribution in [1.82, 2.24) is 4.90 Å². The minimum atomic E-state index is -0.488. The van der Waals surface area contributed by atoms with E-state index in [1.54, 1.807) is 0 Å². The fraction of sp³-hybridized carbons (Fsp3) is 0.552. The lowest BCUT2D eigenvalue weighted by atomic mass is 9.75. The van der Waals surface area contributed by atoms with Crippen LogP contribution in [0.3, 0.4) is 0 Å². The molecule has 2 aliphatic heterocycles. The van der Waals surface area contributed by atoms with Crippen molar-refractivity contribution in [1.29, 1.82) is 0 Å². The smallest absolute Gasteiger partial charge is 0.249 e. The van der Waals surface area contributed by atoms with Crippen LogP contribution >= 0.6 is 0 Å². The Morgan fingerprint density at radius 3 is 2.31 bits per heavy atom. The monoisotopic (exact) mass is 430 g/mol. The van der Waals surface area contributed by atoms with Gasteiger partial charge in [-0.15, -0.1) is 0 Å². The highest BCUT2D eigenvalue weighted by Gasteiger charge is 2.51. The number of fused-ring (bicyclic) bond motifs is 2. The zero-order chi connectivity index (χ0) is 22.0. The molecular weight excluding hydrogens is 392 g/mol. The molecular formula is C29H38N2O. The summed E-state index contributed by atoms with van der Waals surface area (Å²) in [7, 11) is 0. The highest BCUT2D eigenvalue weighted by atomic mass is 16.2. The molecule has 2 heterocycles. The number of rotatable bonds is 2. The largest absolute Gasteiger partial charge is 0.370 e. The number of nitrogens with zero attached hydrogens (tertiary/aromatic N) is 1. The summed E-state index contributed by atoms with van der Waals surface area (Å²) in [6, 6.07) is 15.3. The lowest BCUT2D eigenvalue weighted by Crippen LogP contribution is -2.57. The van der Waals surface area contributed by atoms with Crippen molar-refractivity contribution >= 4 is 11.6 Å². The lowest BCUT2D eigenvalue weighted by molar-refractivity contribution is -0.138.